The molecule has 2 aromatic rings. The molecule has 0 aliphatic carbocycles. The molecule has 0 aliphatic rings. The van der Waals surface area contributed by atoms with E-state index in [1.165, 1.54) is 24.3 Å². The fourth-order valence-electron chi connectivity index (χ4n) is 1.64. The number of hydrogen-bond donors (Lipinski definition) is 1. The van der Waals surface area contributed by atoms with Crippen LogP contribution in [-0.4, -0.2) is 6.36 Å². The maximum atomic E-state index is 12.0. The molecule has 0 fully saturated rings. The van der Waals surface area contributed by atoms with E-state index >= 15 is 0 Å². The number of anilines is 1. The average molecular weight is 336 g/mol. The molecule has 0 amide bonds. The van der Waals surface area contributed by atoms with Crippen LogP contribution in [0.15, 0.2) is 42.5 Å². The van der Waals surface area contributed by atoms with Crippen LogP contribution in [0.5, 0.6) is 5.75 Å². The molecule has 0 unspecified atom stereocenters. The third kappa shape index (κ3) is 5.02. The molecule has 0 radical (unpaired) electrons. The van der Waals surface area contributed by atoms with Crippen LogP contribution in [0.1, 0.15) is 5.56 Å². The van der Waals surface area contributed by atoms with Gasteiger partial charge in [-0.15, -0.1) is 13.2 Å². The van der Waals surface area contributed by atoms with E-state index in [0.717, 1.165) is 5.56 Å². The molecule has 1 N–H and O–H groups in total. The van der Waals surface area contributed by atoms with Crippen LogP contribution in [0, 0.1) is 0 Å². The third-order valence-corrected chi connectivity index (χ3v) is 3.13. The second-order valence-electron chi connectivity index (χ2n) is 4.17. The highest BCUT2D eigenvalue weighted by Gasteiger charge is 2.30. The molecule has 0 aromatic heterocycles. The Balaban J connectivity index is 1.99. The van der Waals surface area contributed by atoms with E-state index in [-0.39, 0.29) is 5.75 Å². The van der Waals surface area contributed by atoms with Crippen LogP contribution in [0.25, 0.3) is 0 Å². The van der Waals surface area contributed by atoms with Gasteiger partial charge in [0.25, 0.3) is 0 Å². The smallest absolute Gasteiger partial charge is 0.406 e. The van der Waals surface area contributed by atoms with Crippen molar-refractivity contribution >= 4 is 28.9 Å². The van der Waals surface area contributed by atoms with Crippen molar-refractivity contribution in [3.8, 4) is 5.75 Å². The van der Waals surface area contributed by atoms with Crippen LogP contribution in [0.4, 0.5) is 18.9 Å². The summed E-state index contributed by atoms with van der Waals surface area (Å²) in [5.74, 6) is -0.257. The van der Waals surface area contributed by atoms with Crippen molar-refractivity contribution in [1.82, 2.24) is 0 Å². The monoisotopic (exact) mass is 335 g/mol. The second kappa shape index (κ2) is 6.45. The lowest BCUT2D eigenvalue weighted by Crippen LogP contribution is -2.17. The molecule has 0 atom stereocenters. The van der Waals surface area contributed by atoms with E-state index in [1.54, 1.807) is 18.2 Å². The highest BCUT2D eigenvalue weighted by molar-refractivity contribution is 6.35. The van der Waals surface area contributed by atoms with Crippen LogP contribution < -0.4 is 10.1 Å². The number of hydrogen-bond acceptors (Lipinski definition) is 2. The standard InChI is InChI=1S/C14H10Cl2F3NO/c15-10-3-6-12(16)13(7-10)20-8-9-1-4-11(5-2-9)21-14(17,18)19/h1-7,20H,8H2. The Labute approximate surface area is 129 Å². The quantitative estimate of drug-likeness (QED) is 0.796. The van der Waals surface area contributed by atoms with Crippen LogP contribution >= 0.6 is 23.2 Å². The summed E-state index contributed by atoms with van der Waals surface area (Å²) in [6, 6.07) is 10.6. The molecular formula is C14H10Cl2F3NO. The summed E-state index contributed by atoms with van der Waals surface area (Å²) < 4.78 is 39.9. The molecule has 2 rings (SSSR count). The van der Waals surface area contributed by atoms with Gasteiger partial charge in [-0.2, -0.15) is 0 Å². The molecule has 0 bridgehead atoms. The number of nitrogens with one attached hydrogen (secondary N) is 1. The first kappa shape index (κ1) is 15.8. The maximum Gasteiger partial charge on any atom is 0.573 e. The van der Waals surface area contributed by atoms with Crippen molar-refractivity contribution in [2.24, 2.45) is 0 Å². The normalized spacial score (nSPS) is 11.3. The van der Waals surface area contributed by atoms with E-state index < -0.39 is 6.36 Å². The molecule has 21 heavy (non-hydrogen) atoms. The van der Waals surface area contributed by atoms with Gasteiger partial charge in [-0.25, -0.2) is 0 Å². The first-order chi connectivity index (χ1) is 9.83. The lowest BCUT2D eigenvalue weighted by atomic mass is 10.2. The van der Waals surface area contributed by atoms with E-state index in [1.807, 2.05) is 0 Å². The van der Waals surface area contributed by atoms with Crippen molar-refractivity contribution in [1.29, 1.82) is 0 Å². The van der Waals surface area contributed by atoms with Crippen LogP contribution in [0.3, 0.4) is 0 Å². The largest absolute Gasteiger partial charge is 0.573 e. The topological polar surface area (TPSA) is 21.3 Å². The fraction of sp³-hybridized carbons (Fsp3) is 0.143. The lowest BCUT2D eigenvalue weighted by Gasteiger charge is -2.11. The van der Waals surface area contributed by atoms with Gasteiger partial charge >= 0.3 is 6.36 Å². The van der Waals surface area contributed by atoms with Gasteiger partial charge in [-0.05, 0) is 35.9 Å². The minimum Gasteiger partial charge on any atom is -0.406 e. The number of halogens is 5. The van der Waals surface area contributed by atoms with E-state index in [9.17, 15) is 13.2 Å². The third-order valence-electron chi connectivity index (χ3n) is 2.57. The zero-order valence-corrected chi connectivity index (χ0v) is 12.1. The van der Waals surface area contributed by atoms with Gasteiger partial charge in [-0.3, -0.25) is 0 Å². The number of rotatable bonds is 4. The molecule has 7 heteroatoms. The zero-order chi connectivity index (χ0) is 15.5. The van der Waals surface area contributed by atoms with Crippen molar-refractivity contribution < 1.29 is 17.9 Å². The fourth-order valence-corrected chi connectivity index (χ4v) is 2.00. The van der Waals surface area contributed by atoms with Gasteiger partial charge in [0.15, 0.2) is 0 Å². The van der Waals surface area contributed by atoms with Crippen molar-refractivity contribution in [2.75, 3.05) is 5.32 Å². The van der Waals surface area contributed by atoms with Gasteiger partial charge in [0.1, 0.15) is 5.75 Å². The minimum atomic E-state index is -4.69. The van der Waals surface area contributed by atoms with E-state index in [4.69, 9.17) is 23.2 Å². The van der Waals surface area contributed by atoms with Gasteiger partial charge < -0.3 is 10.1 Å². The summed E-state index contributed by atoms with van der Waals surface area (Å²) in [6.07, 6.45) is -4.69. The number of alkyl halides is 3. The van der Waals surface area contributed by atoms with Gasteiger partial charge in [-0.1, -0.05) is 35.3 Å². The van der Waals surface area contributed by atoms with Gasteiger partial charge in [0.2, 0.25) is 0 Å². The average Bonchev–Trinajstić information content (AvgIpc) is 2.40. The summed E-state index contributed by atoms with van der Waals surface area (Å²) in [4.78, 5) is 0. The first-order valence-corrected chi connectivity index (χ1v) is 6.63. The van der Waals surface area contributed by atoms with Crippen molar-refractivity contribution in [3.05, 3.63) is 58.1 Å². The van der Waals surface area contributed by atoms with E-state index in [2.05, 4.69) is 10.1 Å². The Bertz CT molecular complexity index is 615. The summed E-state index contributed by atoms with van der Waals surface area (Å²) in [5.41, 5.74) is 1.43. The SMILES string of the molecule is FC(F)(F)Oc1ccc(CNc2cc(Cl)ccc2Cl)cc1. The maximum absolute atomic E-state index is 12.0. The minimum absolute atomic E-state index is 0.257. The Morgan fingerprint density at radius 3 is 2.29 bits per heavy atom. The Morgan fingerprint density at radius 1 is 1.00 bits per heavy atom. The predicted octanol–water partition coefficient (Wildman–Crippen LogP) is 5.50. The summed E-state index contributed by atoms with van der Waals surface area (Å²) in [5, 5.41) is 4.11. The highest BCUT2D eigenvalue weighted by Crippen LogP contribution is 2.26. The second-order valence-corrected chi connectivity index (χ2v) is 5.01. The Morgan fingerprint density at radius 2 is 1.67 bits per heavy atom. The number of ether oxygens (including phenoxy) is 1. The Kier molecular flexibility index (Phi) is 4.85. The molecule has 2 nitrogen and oxygen atoms in total. The summed E-state index contributed by atoms with van der Waals surface area (Å²) >= 11 is 11.9. The Hall–Kier alpha value is -1.59. The zero-order valence-electron chi connectivity index (χ0n) is 10.5. The highest BCUT2D eigenvalue weighted by atomic mass is 35.5. The molecule has 0 aliphatic heterocycles. The van der Waals surface area contributed by atoms with Crippen LogP contribution in [0.2, 0.25) is 10.0 Å². The molecular weight excluding hydrogens is 326 g/mol. The summed E-state index contributed by atoms with van der Waals surface area (Å²) in [6.45, 7) is 0.395. The van der Waals surface area contributed by atoms with Crippen molar-refractivity contribution in [2.45, 2.75) is 12.9 Å². The molecule has 2 aromatic carbocycles. The van der Waals surface area contributed by atoms with E-state index in [0.29, 0.717) is 22.3 Å². The first-order valence-electron chi connectivity index (χ1n) is 5.87. The number of benzene rings is 2. The van der Waals surface area contributed by atoms with Gasteiger partial charge in [0.05, 0.1) is 10.7 Å². The van der Waals surface area contributed by atoms with Crippen LogP contribution in [-0.2, 0) is 6.54 Å². The lowest BCUT2D eigenvalue weighted by molar-refractivity contribution is -0.274. The molecule has 0 saturated heterocycles. The summed E-state index contributed by atoms with van der Waals surface area (Å²) in [7, 11) is 0. The molecule has 0 spiro atoms. The molecule has 112 valence electrons. The predicted molar refractivity (Wildman–Crippen MR) is 76.9 cm³/mol. The molecule has 0 heterocycles. The van der Waals surface area contributed by atoms with Gasteiger partial charge in [0, 0.05) is 11.6 Å². The van der Waals surface area contributed by atoms with Crippen molar-refractivity contribution in [3.63, 3.8) is 0 Å². The molecule has 0 saturated carbocycles.